The number of para-hydroxylation sites is 1. The summed E-state index contributed by atoms with van der Waals surface area (Å²) < 4.78 is 5.66. The van der Waals surface area contributed by atoms with E-state index in [4.69, 9.17) is 4.74 Å². The van der Waals surface area contributed by atoms with Crippen molar-refractivity contribution in [2.75, 3.05) is 13.1 Å². The fraction of sp³-hybridized carbons (Fsp3) is 0.222. The largest absolute Gasteiger partial charge is 0.415 e. The van der Waals surface area contributed by atoms with Crippen LogP contribution in [-0.4, -0.2) is 29.1 Å². The first-order valence-electron chi connectivity index (χ1n) is 7.63. The number of amides is 1. The molecule has 3 aromatic rings. The molecule has 0 spiro atoms. The molecule has 5 heteroatoms. The Labute approximate surface area is 139 Å². The summed E-state index contributed by atoms with van der Waals surface area (Å²) in [6.07, 6.45) is -0.330. The van der Waals surface area contributed by atoms with Crippen LogP contribution in [0.4, 0.5) is 4.79 Å². The van der Waals surface area contributed by atoms with Crippen LogP contribution in [0.1, 0.15) is 13.8 Å². The molecule has 4 nitrogen and oxygen atoms in total. The van der Waals surface area contributed by atoms with E-state index in [9.17, 15) is 4.79 Å². The number of rotatable bonds is 4. The molecule has 1 amide bonds. The Balaban J connectivity index is 2.05. The van der Waals surface area contributed by atoms with Crippen molar-refractivity contribution in [1.29, 1.82) is 0 Å². The molecular weight excluding hydrogens is 308 g/mol. The van der Waals surface area contributed by atoms with Crippen LogP contribution in [0.3, 0.4) is 0 Å². The van der Waals surface area contributed by atoms with E-state index in [2.05, 4.69) is 4.98 Å². The molecule has 1 aromatic carbocycles. The summed E-state index contributed by atoms with van der Waals surface area (Å²) in [6.45, 7) is 5.12. The van der Waals surface area contributed by atoms with Crippen LogP contribution < -0.4 is 4.74 Å². The summed E-state index contributed by atoms with van der Waals surface area (Å²) in [6, 6.07) is 13.5. The smallest absolute Gasteiger partial charge is 0.409 e. The topological polar surface area (TPSA) is 42.4 Å². The van der Waals surface area contributed by atoms with Gasteiger partial charge in [0, 0.05) is 24.5 Å². The average molecular weight is 326 g/mol. The Kier molecular flexibility index (Phi) is 4.57. The predicted octanol–water partition coefficient (Wildman–Crippen LogP) is 4.80. The second kappa shape index (κ2) is 6.79. The molecule has 0 unspecified atom stereocenters. The van der Waals surface area contributed by atoms with Gasteiger partial charge in [0.2, 0.25) is 0 Å². The Morgan fingerprint density at radius 3 is 2.65 bits per heavy atom. The summed E-state index contributed by atoms with van der Waals surface area (Å²) in [5.41, 5.74) is 1.64. The van der Waals surface area contributed by atoms with E-state index >= 15 is 0 Å². The number of hydrogen-bond donors (Lipinski definition) is 0. The molecule has 0 aliphatic carbocycles. The Morgan fingerprint density at radius 2 is 1.96 bits per heavy atom. The van der Waals surface area contributed by atoms with Crippen molar-refractivity contribution < 1.29 is 9.53 Å². The van der Waals surface area contributed by atoms with Crippen LogP contribution in [0.2, 0.25) is 0 Å². The lowest BCUT2D eigenvalue weighted by Gasteiger charge is -2.18. The summed E-state index contributed by atoms with van der Waals surface area (Å²) in [7, 11) is 0. The highest BCUT2D eigenvalue weighted by Crippen LogP contribution is 2.32. The third-order valence-electron chi connectivity index (χ3n) is 3.67. The highest BCUT2D eigenvalue weighted by Gasteiger charge is 2.16. The quantitative estimate of drug-likeness (QED) is 0.691. The van der Waals surface area contributed by atoms with Gasteiger partial charge < -0.3 is 9.64 Å². The maximum absolute atomic E-state index is 12.3. The van der Waals surface area contributed by atoms with Crippen molar-refractivity contribution in [3.05, 3.63) is 47.8 Å². The minimum Gasteiger partial charge on any atom is -0.409 e. The number of benzene rings is 1. The van der Waals surface area contributed by atoms with Gasteiger partial charge in [-0.1, -0.05) is 18.2 Å². The molecule has 0 N–H and O–H groups in total. The zero-order chi connectivity index (χ0) is 16.2. The van der Waals surface area contributed by atoms with Crippen LogP contribution in [0, 0.1) is 0 Å². The zero-order valence-electron chi connectivity index (χ0n) is 13.2. The lowest BCUT2D eigenvalue weighted by molar-refractivity contribution is 0.158. The van der Waals surface area contributed by atoms with E-state index in [1.807, 2.05) is 61.7 Å². The molecule has 0 aliphatic rings. The minimum absolute atomic E-state index is 0.330. The number of aromatic nitrogens is 1. The van der Waals surface area contributed by atoms with Gasteiger partial charge in [-0.3, -0.25) is 0 Å². The van der Waals surface area contributed by atoms with Crippen molar-refractivity contribution in [2.24, 2.45) is 0 Å². The third-order valence-corrected chi connectivity index (χ3v) is 4.56. The number of carbonyl (C=O) groups is 1. The van der Waals surface area contributed by atoms with E-state index in [-0.39, 0.29) is 6.09 Å². The first-order valence-corrected chi connectivity index (χ1v) is 8.51. The molecule has 118 valence electrons. The molecule has 0 atom stereocenters. The average Bonchev–Trinajstić information content (AvgIpc) is 3.10. The van der Waals surface area contributed by atoms with Crippen LogP contribution in [0.25, 0.3) is 21.5 Å². The van der Waals surface area contributed by atoms with Gasteiger partial charge in [0.1, 0.15) is 5.75 Å². The Bertz CT molecular complexity index is 811. The number of thiophene rings is 1. The van der Waals surface area contributed by atoms with Crippen LogP contribution in [0.15, 0.2) is 47.8 Å². The van der Waals surface area contributed by atoms with Crippen molar-refractivity contribution in [2.45, 2.75) is 13.8 Å². The fourth-order valence-corrected chi connectivity index (χ4v) is 3.11. The molecule has 0 bridgehead atoms. The summed E-state index contributed by atoms with van der Waals surface area (Å²) in [5, 5.41) is 2.85. The van der Waals surface area contributed by atoms with Gasteiger partial charge in [0.15, 0.2) is 0 Å². The predicted molar refractivity (Wildman–Crippen MR) is 94.0 cm³/mol. The second-order valence-electron chi connectivity index (χ2n) is 5.04. The number of nitrogens with zero attached hydrogens (tertiary/aromatic N) is 2. The van der Waals surface area contributed by atoms with E-state index in [1.54, 1.807) is 16.2 Å². The summed E-state index contributed by atoms with van der Waals surface area (Å²) >= 11 is 1.61. The first kappa shape index (κ1) is 15.5. The molecule has 2 aromatic heterocycles. The molecule has 0 saturated carbocycles. The Morgan fingerprint density at radius 1 is 1.17 bits per heavy atom. The van der Waals surface area contributed by atoms with Crippen LogP contribution in [-0.2, 0) is 0 Å². The number of fused-ring (bicyclic) bond motifs is 1. The van der Waals surface area contributed by atoms with Gasteiger partial charge in [0.25, 0.3) is 0 Å². The normalized spacial score (nSPS) is 10.7. The van der Waals surface area contributed by atoms with Gasteiger partial charge in [-0.25, -0.2) is 9.78 Å². The van der Waals surface area contributed by atoms with E-state index in [1.165, 1.54) is 0 Å². The minimum atomic E-state index is -0.330. The van der Waals surface area contributed by atoms with E-state index < -0.39 is 0 Å². The molecule has 0 radical (unpaired) electrons. The monoisotopic (exact) mass is 326 g/mol. The van der Waals surface area contributed by atoms with Gasteiger partial charge in [0.05, 0.1) is 16.1 Å². The zero-order valence-corrected chi connectivity index (χ0v) is 14.0. The van der Waals surface area contributed by atoms with E-state index in [0.29, 0.717) is 18.8 Å². The van der Waals surface area contributed by atoms with Crippen LogP contribution in [0.5, 0.6) is 5.75 Å². The molecule has 3 rings (SSSR count). The van der Waals surface area contributed by atoms with Crippen molar-refractivity contribution in [1.82, 2.24) is 9.88 Å². The van der Waals surface area contributed by atoms with Gasteiger partial charge in [-0.15, -0.1) is 11.3 Å². The second-order valence-corrected chi connectivity index (χ2v) is 5.99. The number of ether oxygens (including phenoxy) is 1. The lowest BCUT2D eigenvalue weighted by Crippen LogP contribution is -2.33. The summed E-state index contributed by atoms with van der Waals surface area (Å²) in [5.74, 6) is 0.552. The van der Waals surface area contributed by atoms with Gasteiger partial charge >= 0.3 is 6.09 Å². The molecule has 0 aliphatic heterocycles. The van der Waals surface area contributed by atoms with Crippen molar-refractivity contribution >= 4 is 28.3 Å². The first-order chi connectivity index (χ1) is 11.2. The molecule has 0 fully saturated rings. The third kappa shape index (κ3) is 3.19. The number of hydrogen-bond acceptors (Lipinski definition) is 4. The standard InChI is InChI=1S/C18H18N2O2S/c1-3-20(4-2)18(21)22-16-12-15(17-10-7-11-23-17)19-14-9-6-5-8-13(14)16/h5-12H,3-4H2,1-2H3. The fourth-order valence-electron chi connectivity index (χ4n) is 2.42. The SMILES string of the molecule is CCN(CC)C(=O)Oc1cc(-c2cccs2)nc2ccccc12. The molecule has 2 heterocycles. The number of pyridine rings is 1. The molecular formula is C18H18N2O2S. The van der Waals surface area contributed by atoms with Gasteiger partial charge in [-0.05, 0) is 37.4 Å². The summed E-state index contributed by atoms with van der Waals surface area (Å²) in [4.78, 5) is 19.7. The maximum Gasteiger partial charge on any atom is 0.415 e. The van der Waals surface area contributed by atoms with E-state index in [0.717, 1.165) is 21.5 Å². The number of carbonyl (C=O) groups excluding carboxylic acids is 1. The Hall–Kier alpha value is -2.40. The molecule has 0 saturated heterocycles. The van der Waals surface area contributed by atoms with Crippen molar-refractivity contribution in [3.63, 3.8) is 0 Å². The molecule has 23 heavy (non-hydrogen) atoms. The lowest BCUT2D eigenvalue weighted by atomic mass is 10.1. The van der Waals surface area contributed by atoms with Gasteiger partial charge in [-0.2, -0.15) is 0 Å². The highest BCUT2D eigenvalue weighted by atomic mass is 32.1. The van der Waals surface area contributed by atoms with Crippen LogP contribution >= 0.6 is 11.3 Å². The maximum atomic E-state index is 12.3. The van der Waals surface area contributed by atoms with Crippen molar-refractivity contribution in [3.8, 4) is 16.3 Å². The highest BCUT2D eigenvalue weighted by molar-refractivity contribution is 7.13.